The molecule has 1 aromatic heterocycles. The lowest BCUT2D eigenvalue weighted by atomic mass is 10.0. The Morgan fingerprint density at radius 2 is 2.00 bits per heavy atom. The zero-order chi connectivity index (χ0) is 19.7. The van der Waals surface area contributed by atoms with Gasteiger partial charge < -0.3 is 14.5 Å². The molecule has 0 spiro atoms. The molecule has 146 valence electrons. The molecule has 4 rings (SSSR count). The molecule has 2 aromatic carbocycles. The lowest BCUT2D eigenvalue weighted by Crippen LogP contribution is -2.38. The summed E-state index contributed by atoms with van der Waals surface area (Å²) in [5, 5.41) is 5.47. The number of hydrogen-bond acceptors (Lipinski definition) is 6. The molecule has 0 unspecified atom stereocenters. The number of nitrogens with one attached hydrogen (secondary N) is 1. The summed E-state index contributed by atoms with van der Waals surface area (Å²) in [4.78, 5) is 24.1. The van der Waals surface area contributed by atoms with Gasteiger partial charge in [0.15, 0.2) is 16.4 Å². The van der Waals surface area contributed by atoms with Crippen molar-refractivity contribution >= 4 is 43.5 Å². The second kappa shape index (κ2) is 7.27. The average molecular weight is 401 g/mol. The summed E-state index contributed by atoms with van der Waals surface area (Å²) < 4.78 is 33.4. The van der Waals surface area contributed by atoms with Crippen molar-refractivity contribution in [2.24, 2.45) is 0 Å². The van der Waals surface area contributed by atoms with Crippen molar-refractivity contribution < 1.29 is 27.2 Å². The zero-order valence-electron chi connectivity index (χ0n) is 15.0. The van der Waals surface area contributed by atoms with E-state index in [2.05, 4.69) is 5.32 Å². The highest BCUT2D eigenvalue weighted by atomic mass is 32.2. The van der Waals surface area contributed by atoms with Crippen LogP contribution >= 0.6 is 0 Å². The highest BCUT2D eigenvalue weighted by Gasteiger charge is 2.29. The van der Waals surface area contributed by atoms with Crippen LogP contribution in [-0.2, 0) is 30.6 Å². The Kier molecular flexibility index (Phi) is 4.80. The fourth-order valence-electron chi connectivity index (χ4n) is 3.54. The summed E-state index contributed by atoms with van der Waals surface area (Å²) in [5.74, 6) is -1.05. The summed E-state index contributed by atoms with van der Waals surface area (Å²) in [6.07, 6.45) is 1.89. The van der Waals surface area contributed by atoms with Crippen LogP contribution in [0, 0.1) is 0 Å². The molecule has 7 nitrogen and oxygen atoms in total. The fourth-order valence-corrected chi connectivity index (χ4v) is 5.21. The predicted octanol–water partition coefficient (Wildman–Crippen LogP) is 1.98. The first-order valence-corrected chi connectivity index (χ1v) is 10.8. The van der Waals surface area contributed by atoms with Gasteiger partial charge in [-0.15, -0.1) is 0 Å². The van der Waals surface area contributed by atoms with Gasteiger partial charge >= 0.3 is 5.97 Å². The molecule has 1 aliphatic rings. The van der Waals surface area contributed by atoms with Gasteiger partial charge in [-0.25, -0.2) is 8.42 Å². The van der Waals surface area contributed by atoms with Crippen LogP contribution in [0.15, 0.2) is 47.1 Å². The molecule has 1 fully saturated rings. The smallest absolute Gasteiger partial charge is 0.310 e. The summed E-state index contributed by atoms with van der Waals surface area (Å²) in [6.45, 7) is -0.439. The number of amides is 1. The number of fused-ring (bicyclic) bond motifs is 3. The quantitative estimate of drug-likeness (QED) is 0.656. The topological polar surface area (TPSA) is 103 Å². The van der Waals surface area contributed by atoms with E-state index in [-0.39, 0.29) is 17.9 Å². The number of sulfone groups is 1. The van der Waals surface area contributed by atoms with E-state index in [0.717, 1.165) is 16.2 Å². The second-order valence-electron chi connectivity index (χ2n) is 6.93. The van der Waals surface area contributed by atoms with Crippen molar-refractivity contribution in [2.45, 2.75) is 18.9 Å². The van der Waals surface area contributed by atoms with Gasteiger partial charge in [-0.2, -0.15) is 0 Å². The van der Waals surface area contributed by atoms with Crippen LogP contribution < -0.4 is 5.32 Å². The molecule has 28 heavy (non-hydrogen) atoms. The van der Waals surface area contributed by atoms with E-state index in [1.54, 1.807) is 0 Å². The van der Waals surface area contributed by atoms with Gasteiger partial charge in [0, 0.05) is 17.0 Å². The molecular weight excluding hydrogens is 382 g/mol. The summed E-state index contributed by atoms with van der Waals surface area (Å²) >= 11 is 0. The third kappa shape index (κ3) is 3.87. The number of carbonyl (C=O) groups excluding carboxylic acids is 2. The highest BCUT2D eigenvalue weighted by Crippen LogP contribution is 2.30. The van der Waals surface area contributed by atoms with Crippen molar-refractivity contribution in [1.29, 1.82) is 0 Å². The van der Waals surface area contributed by atoms with Crippen LogP contribution in [0.3, 0.4) is 0 Å². The molecule has 0 radical (unpaired) electrons. The maximum atomic E-state index is 12.2. The van der Waals surface area contributed by atoms with Crippen molar-refractivity contribution in [3.63, 3.8) is 0 Å². The van der Waals surface area contributed by atoms with Gasteiger partial charge in [0.05, 0.1) is 24.2 Å². The SMILES string of the molecule is O=C(COC(=O)Cc1coc2ccc3ccccc3c12)N[C@@H]1CCS(=O)(=O)C1. The molecule has 1 saturated heterocycles. The van der Waals surface area contributed by atoms with Crippen molar-refractivity contribution in [2.75, 3.05) is 18.1 Å². The molecular formula is C20H19NO6S. The number of hydrogen-bond donors (Lipinski definition) is 1. The average Bonchev–Trinajstić information content (AvgIpc) is 3.23. The summed E-state index contributed by atoms with van der Waals surface area (Å²) in [7, 11) is -3.08. The maximum absolute atomic E-state index is 12.2. The molecule has 0 saturated carbocycles. The molecule has 0 aliphatic carbocycles. The lowest BCUT2D eigenvalue weighted by Gasteiger charge is -2.11. The van der Waals surface area contributed by atoms with E-state index in [4.69, 9.17) is 9.15 Å². The standard InChI is InChI=1S/C20H19NO6S/c22-18(21-15-7-8-28(24,25)12-15)11-27-19(23)9-14-10-26-17-6-5-13-3-1-2-4-16(13)20(14)17/h1-6,10,15H,7-9,11-12H2,(H,21,22)/t15-/m1/s1. The maximum Gasteiger partial charge on any atom is 0.310 e. The first-order chi connectivity index (χ1) is 13.4. The Labute approximate surface area is 161 Å². The van der Waals surface area contributed by atoms with Gasteiger partial charge in [-0.05, 0) is 23.3 Å². The van der Waals surface area contributed by atoms with E-state index < -0.39 is 34.4 Å². The molecule has 1 amide bonds. The first kappa shape index (κ1) is 18.5. The minimum atomic E-state index is -3.08. The Bertz CT molecular complexity index is 1160. The minimum absolute atomic E-state index is 0.0217. The Hall–Kier alpha value is -2.87. The van der Waals surface area contributed by atoms with Gasteiger partial charge in [0.25, 0.3) is 5.91 Å². The lowest BCUT2D eigenvalue weighted by molar-refractivity contribution is -0.148. The van der Waals surface area contributed by atoms with Crippen molar-refractivity contribution in [3.05, 3.63) is 48.2 Å². The Balaban J connectivity index is 1.39. The van der Waals surface area contributed by atoms with Crippen molar-refractivity contribution in [3.8, 4) is 0 Å². The Morgan fingerprint density at radius 1 is 1.18 bits per heavy atom. The molecule has 1 N–H and O–H groups in total. The van der Waals surface area contributed by atoms with E-state index in [1.807, 2.05) is 36.4 Å². The van der Waals surface area contributed by atoms with Crippen LogP contribution in [0.4, 0.5) is 0 Å². The van der Waals surface area contributed by atoms with E-state index in [0.29, 0.717) is 17.6 Å². The number of ether oxygens (including phenoxy) is 1. The molecule has 1 aliphatic heterocycles. The number of esters is 1. The third-order valence-electron chi connectivity index (χ3n) is 4.84. The van der Waals surface area contributed by atoms with Gasteiger partial charge in [-0.1, -0.05) is 30.3 Å². The van der Waals surface area contributed by atoms with E-state index in [1.165, 1.54) is 6.26 Å². The zero-order valence-corrected chi connectivity index (χ0v) is 15.8. The highest BCUT2D eigenvalue weighted by molar-refractivity contribution is 7.91. The minimum Gasteiger partial charge on any atom is -0.464 e. The van der Waals surface area contributed by atoms with E-state index in [9.17, 15) is 18.0 Å². The predicted molar refractivity (Wildman–Crippen MR) is 104 cm³/mol. The monoisotopic (exact) mass is 401 g/mol. The van der Waals surface area contributed by atoms with Gasteiger partial charge in [0.1, 0.15) is 5.58 Å². The molecule has 2 heterocycles. The largest absolute Gasteiger partial charge is 0.464 e. The van der Waals surface area contributed by atoms with Gasteiger partial charge in [0.2, 0.25) is 0 Å². The third-order valence-corrected chi connectivity index (χ3v) is 6.60. The number of carbonyl (C=O) groups is 2. The summed E-state index contributed by atoms with van der Waals surface area (Å²) in [6, 6.07) is 11.2. The molecule has 3 aromatic rings. The Morgan fingerprint density at radius 3 is 2.79 bits per heavy atom. The van der Waals surface area contributed by atoms with Crippen LogP contribution in [0.2, 0.25) is 0 Å². The van der Waals surface area contributed by atoms with Crippen molar-refractivity contribution in [1.82, 2.24) is 5.32 Å². The first-order valence-electron chi connectivity index (χ1n) is 8.94. The second-order valence-corrected chi connectivity index (χ2v) is 9.15. The normalized spacial score (nSPS) is 18.4. The van der Waals surface area contributed by atoms with Crippen LogP contribution in [0.5, 0.6) is 0 Å². The van der Waals surface area contributed by atoms with Crippen LogP contribution in [-0.4, -0.2) is 44.4 Å². The summed E-state index contributed by atoms with van der Waals surface area (Å²) in [5.41, 5.74) is 1.38. The fraction of sp³-hybridized carbons (Fsp3) is 0.300. The number of furan rings is 1. The van der Waals surface area contributed by atoms with E-state index >= 15 is 0 Å². The molecule has 1 atom stereocenters. The number of benzene rings is 2. The van der Waals surface area contributed by atoms with Crippen LogP contribution in [0.25, 0.3) is 21.7 Å². The molecule has 8 heteroatoms. The van der Waals surface area contributed by atoms with Gasteiger partial charge in [-0.3, -0.25) is 9.59 Å². The van der Waals surface area contributed by atoms with Crippen LogP contribution in [0.1, 0.15) is 12.0 Å². The molecule has 0 bridgehead atoms. The number of rotatable bonds is 5.